The van der Waals surface area contributed by atoms with Crippen molar-refractivity contribution in [3.05, 3.63) is 54.0 Å². The zero-order chi connectivity index (χ0) is 15.0. The van der Waals surface area contributed by atoms with Gasteiger partial charge in [0.15, 0.2) is 0 Å². The highest BCUT2D eigenvalue weighted by Crippen LogP contribution is 2.09. The Morgan fingerprint density at radius 3 is 2.25 bits per heavy atom. The zero-order valence-corrected chi connectivity index (χ0v) is 11.8. The van der Waals surface area contributed by atoms with Crippen LogP contribution in [0.1, 0.15) is 19.4 Å². The molecule has 0 radical (unpaired) electrons. The number of rotatable bonds is 2. The summed E-state index contributed by atoms with van der Waals surface area (Å²) >= 11 is 0. The van der Waals surface area contributed by atoms with E-state index in [0.717, 1.165) is 5.56 Å². The van der Waals surface area contributed by atoms with Crippen LogP contribution in [0.4, 0.5) is 20.7 Å². The van der Waals surface area contributed by atoms with Crippen LogP contribution >= 0.6 is 0 Å². The van der Waals surface area contributed by atoms with Gasteiger partial charge in [-0.05, 0) is 42.8 Å². The molecule has 0 saturated heterocycles. The summed E-state index contributed by atoms with van der Waals surface area (Å²) in [5, 5.41) is 5.15. The highest BCUT2D eigenvalue weighted by molar-refractivity contribution is 5.99. The Balaban J connectivity index is 0.000000956. The van der Waals surface area contributed by atoms with Gasteiger partial charge in [0.1, 0.15) is 11.6 Å². The van der Waals surface area contributed by atoms with Crippen LogP contribution in [0.5, 0.6) is 0 Å². The monoisotopic (exact) mass is 275 g/mol. The number of nitrogens with one attached hydrogen (secondary N) is 2. The first-order valence-electron chi connectivity index (χ1n) is 6.40. The maximum absolute atomic E-state index is 12.7. The largest absolute Gasteiger partial charge is 0.324 e. The summed E-state index contributed by atoms with van der Waals surface area (Å²) in [5.74, 6) is 0.112. The second-order valence-corrected chi connectivity index (χ2v) is 3.81. The first kappa shape index (κ1) is 15.6. The van der Waals surface area contributed by atoms with Gasteiger partial charge in [-0.1, -0.05) is 19.9 Å². The molecule has 1 heterocycles. The number of aryl methyl sites for hydroxylation is 1. The minimum Gasteiger partial charge on any atom is -0.308 e. The van der Waals surface area contributed by atoms with Gasteiger partial charge in [0, 0.05) is 11.9 Å². The summed E-state index contributed by atoms with van der Waals surface area (Å²) in [6, 6.07) is 8.66. The van der Waals surface area contributed by atoms with E-state index in [0.29, 0.717) is 11.5 Å². The van der Waals surface area contributed by atoms with Crippen LogP contribution in [0, 0.1) is 12.7 Å². The molecular weight excluding hydrogens is 257 g/mol. The molecule has 5 heteroatoms. The Morgan fingerprint density at radius 2 is 1.70 bits per heavy atom. The molecule has 2 N–H and O–H groups in total. The van der Waals surface area contributed by atoms with Crippen LogP contribution < -0.4 is 10.6 Å². The molecule has 0 bridgehead atoms. The van der Waals surface area contributed by atoms with Gasteiger partial charge in [-0.2, -0.15) is 0 Å². The van der Waals surface area contributed by atoms with E-state index in [2.05, 4.69) is 15.6 Å². The highest BCUT2D eigenvalue weighted by Gasteiger charge is 2.03. The fourth-order valence-electron chi connectivity index (χ4n) is 1.35. The predicted molar refractivity (Wildman–Crippen MR) is 79.4 cm³/mol. The van der Waals surface area contributed by atoms with Gasteiger partial charge in [0.25, 0.3) is 0 Å². The van der Waals surface area contributed by atoms with E-state index >= 15 is 0 Å². The Morgan fingerprint density at radius 1 is 1.05 bits per heavy atom. The number of benzene rings is 1. The van der Waals surface area contributed by atoms with Gasteiger partial charge in [-0.25, -0.2) is 14.2 Å². The van der Waals surface area contributed by atoms with E-state index in [1.807, 2.05) is 26.8 Å². The van der Waals surface area contributed by atoms with Crippen LogP contribution in [0.2, 0.25) is 0 Å². The lowest BCUT2D eigenvalue weighted by Crippen LogP contribution is -2.20. The lowest BCUT2D eigenvalue weighted by Gasteiger charge is -2.06. The van der Waals surface area contributed by atoms with Crippen LogP contribution in [0.25, 0.3) is 0 Å². The predicted octanol–water partition coefficient (Wildman–Crippen LogP) is 4.20. The van der Waals surface area contributed by atoms with Crippen molar-refractivity contribution in [2.45, 2.75) is 20.8 Å². The van der Waals surface area contributed by atoms with Gasteiger partial charge in [-0.3, -0.25) is 5.32 Å². The summed E-state index contributed by atoms with van der Waals surface area (Å²) in [5.41, 5.74) is 1.53. The normalized spacial score (nSPS) is 9.20. The maximum Gasteiger partial charge on any atom is 0.324 e. The number of hydrogen-bond donors (Lipinski definition) is 2. The van der Waals surface area contributed by atoms with Crippen molar-refractivity contribution in [3.8, 4) is 0 Å². The molecule has 0 saturated carbocycles. The molecule has 4 nitrogen and oxygen atoms in total. The molecule has 1 aromatic heterocycles. The third kappa shape index (κ3) is 5.06. The van der Waals surface area contributed by atoms with Crippen molar-refractivity contribution >= 4 is 17.5 Å². The van der Waals surface area contributed by atoms with Crippen molar-refractivity contribution in [2.75, 3.05) is 10.6 Å². The molecule has 0 spiro atoms. The number of halogens is 1. The van der Waals surface area contributed by atoms with E-state index < -0.39 is 6.03 Å². The fraction of sp³-hybridized carbons (Fsp3) is 0.200. The molecule has 1 aromatic carbocycles. The number of hydrogen-bond acceptors (Lipinski definition) is 2. The number of anilines is 2. The number of nitrogens with zero attached hydrogens (tertiary/aromatic N) is 1. The third-order valence-electron chi connectivity index (χ3n) is 2.26. The molecular formula is C15H18FN3O. The van der Waals surface area contributed by atoms with Gasteiger partial charge in [0.05, 0.1) is 0 Å². The zero-order valence-electron chi connectivity index (χ0n) is 11.8. The quantitative estimate of drug-likeness (QED) is 0.863. The molecule has 0 aliphatic heterocycles. The number of pyridine rings is 1. The van der Waals surface area contributed by atoms with Gasteiger partial charge >= 0.3 is 6.03 Å². The van der Waals surface area contributed by atoms with Crippen molar-refractivity contribution < 1.29 is 9.18 Å². The second-order valence-electron chi connectivity index (χ2n) is 3.81. The van der Waals surface area contributed by atoms with E-state index in [1.165, 1.54) is 24.3 Å². The standard InChI is InChI=1S/C13H12FN3O.C2H6/c1-9-2-7-12(15-8-9)17-13(18)16-11-5-3-10(14)4-6-11;1-2/h2-8H,1H3,(H2,15,16,17,18);1-2H3. The van der Waals surface area contributed by atoms with Crippen LogP contribution in [-0.4, -0.2) is 11.0 Å². The number of carbonyl (C=O) groups is 1. The van der Waals surface area contributed by atoms with Crippen molar-refractivity contribution in [2.24, 2.45) is 0 Å². The van der Waals surface area contributed by atoms with Crippen molar-refractivity contribution in [1.29, 1.82) is 0 Å². The summed E-state index contributed by atoms with van der Waals surface area (Å²) < 4.78 is 12.7. The number of urea groups is 1. The van der Waals surface area contributed by atoms with Crippen molar-refractivity contribution in [3.63, 3.8) is 0 Å². The van der Waals surface area contributed by atoms with E-state index in [9.17, 15) is 9.18 Å². The van der Waals surface area contributed by atoms with E-state index in [4.69, 9.17) is 0 Å². The Hall–Kier alpha value is -2.43. The Kier molecular flexibility index (Phi) is 6.16. The first-order valence-corrected chi connectivity index (χ1v) is 6.40. The molecule has 0 atom stereocenters. The second kappa shape index (κ2) is 7.89. The highest BCUT2D eigenvalue weighted by atomic mass is 19.1. The van der Waals surface area contributed by atoms with Crippen LogP contribution in [0.3, 0.4) is 0 Å². The molecule has 0 aliphatic carbocycles. The minimum atomic E-state index is -0.419. The van der Waals surface area contributed by atoms with Gasteiger partial charge < -0.3 is 5.32 Å². The van der Waals surface area contributed by atoms with Gasteiger partial charge in [0.2, 0.25) is 0 Å². The molecule has 2 rings (SSSR count). The molecule has 0 aliphatic rings. The van der Waals surface area contributed by atoms with Gasteiger partial charge in [-0.15, -0.1) is 0 Å². The average molecular weight is 275 g/mol. The fourth-order valence-corrected chi connectivity index (χ4v) is 1.35. The molecule has 2 aromatic rings. The Bertz CT molecular complexity index is 489. The van der Waals surface area contributed by atoms with E-state index in [-0.39, 0.29) is 5.82 Å². The van der Waals surface area contributed by atoms with Crippen molar-refractivity contribution in [1.82, 2.24) is 4.98 Å². The number of carbonyl (C=O) groups excluding carboxylic acids is 1. The minimum absolute atomic E-state index is 0.346. The topological polar surface area (TPSA) is 54.0 Å². The summed E-state index contributed by atoms with van der Waals surface area (Å²) in [6.07, 6.45) is 1.66. The van der Waals surface area contributed by atoms with Crippen LogP contribution in [0.15, 0.2) is 42.6 Å². The van der Waals surface area contributed by atoms with E-state index in [1.54, 1.807) is 12.3 Å². The smallest absolute Gasteiger partial charge is 0.308 e. The lowest BCUT2D eigenvalue weighted by molar-refractivity contribution is 0.262. The SMILES string of the molecule is CC.Cc1ccc(NC(=O)Nc2ccc(F)cc2)nc1. The third-order valence-corrected chi connectivity index (χ3v) is 2.26. The molecule has 20 heavy (non-hydrogen) atoms. The molecule has 2 amide bonds. The molecule has 106 valence electrons. The summed E-state index contributed by atoms with van der Waals surface area (Å²) in [6.45, 7) is 5.91. The first-order chi connectivity index (χ1) is 9.63. The molecule has 0 fully saturated rings. The lowest BCUT2D eigenvalue weighted by atomic mass is 10.3. The maximum atomic E-state index is 12.7. The Labute approximate surface area is 118 Å². The summed E-state index contributed by atoms with van der Waals surface area (Å²) in [7, 11) is 0. The molecule has 0 unspecified atom stereocenters. The number of aromatic nitrogens is 1. The number of amides is 2. The average Bonchev–Trinajstić information content (AvgIpc) is 2.46. The van der Waals surface area contributed by atoms with Crippen LogP contribution in [-0.2, 0) is 0 Å². The summed E-state index contributed by atoms with van der Waals surface area (Å²) in [4.78, 5) is 15.6.